The molecule has 3 heterocycles. The second-order valence-electron chi connectivity index (χ2n) is 9.65. The Morgan fingerprint density at radius 2 is 1.89 bits per heavy atom. The Morgan fingerprint density at radius 1 is 1.20 bits per heavy atom. The predicted octanol–water partition coefficient (Wildman–Crippen LogP) is 3.62. The lowest BCUT2D eigenvalue weighted by Gasteiger charge is -2.36. The van der Waals surface area contributed by atoms with Crippen molar-refractivity contribution in [1.29, 1.82) is 0 Å². The zero-order chi connectivity index (χ0) is 25.4. The Labute approximate surface area is 215 Å². The van der Waals surface area contributed by atoms with E-state index in [4.69, 9.17) is 16.3 Å². The molecule has 0 bridgehead atoms. The van der Waals surface area contributed by atoms with Gasteiger partial charge in [0.1, 0.15) is 11.4 Å². The second kappa shape index (κ2) is 10.1. The van der Waals surface area contributed by atoms with Crippen LogP contribution in [-0.4, -0.2) is 78.3 Å². The molecule has 35 heavy (non-hydrogen) atoms. The van der Waals surface area contributed by atoms with E-state index in [-0.39, 0.29) is 35.3 Å². The van der Waals surface area contributed by atoms with Crippen molar-refractivity contribution < 1.29 is 22.7 Å². The van der Waals surface area contributed by atoms with Crippen LogP contribution in [0.3, 0.4) is 0 Å². The van der Waals surface area contributed by atoms with Crippen molar-refractivity contribution in [3.63, 3.8) is 0 Å². The fourth-order valence-electron chi connectivity index (χ4n) is 4.56. The Bertz CT molecular complexity index is 1210. The predicted molar refractivity (Wildman–Crippen MR) is 136 cm³/mol. The van der Waals surface area contributed by atoms with Crippen LogP contribution >= 0.6 is 22.9 Å². The highest BCUT2D eigenvalue weighted by Gasteiger charge is 2.38. The van der Waals surface area contributed by atoms with Crippen LogP contribution in [-0.2, 0) is 14.6 Å². The molecule has 2 fully saturated rings. The number of sulfone groups is 1. The maximum atomic E-state index is 13.2. The van der Waals surface area contributed by atoms with Gasteiger partial charge >= 0.3 is 0 Å². The summed E-state index contributed by atoms with van der Waals surface area (Å²) in [5.41, 5.74) is -0.707. The van der Waals surface area contributed by atoms with Gasteiger partial charge in [-0.2, -0.15) is 0 Å². The zero-order valence-corrected chi connectivity index (χ0v) is 22.5. The largest absolute Gasteiger partial charge is 0.476 e. The molecule has 4 rings (SSSR count). The topological polar surface area (TPSA) is 96.9 Å². The molecule has 11 heteroatoms. The molecular formula is C24H30ClN3O5S2. The van der Waals surface area contributed by atoms with Crippen LogP contribution < -0.4 is 4.74 Å². The lowest BCUT2D eigenvalue weighted by molar-refractivity contribution is -0.146. The van der Waals surface area contributed by atoms with Gasteiger partial charge in [0.05, 0.1) is 21.5 Å². The van der Waals surface area contributed by atoms with Gasteiger partial charge in [-0.3, -0.25) is 9.59 Å². The number of carbonyl (C=O) groups is 2. The quantitative estimate of drug-likeness (QED) is 0.556. The van der Waals surface area contributed by atoms with Crippen molar-refractivity contribution in [2.75, 3.05) is 31.6 Å². The van der Waals surface area contributed by atoms with Crippen molar-refractivity contribution in [3.8, 4) is 5.75 Å². The maximum absolute atomic E-state index is 13.2. The summed E-state index contributed by atoms with van der Waals surface area (Å²) in [5, 5.41) is 3.08. The molecule has 2 aliphatic rings. The Kier molecular flexibility index (Phi) is 7.45. The summed E-state index contributed by atoms with van der Waals surface area (Å²) in [6.45, 7) is 4.63. The number of halogens is 1. The van der Waals surface area contributed by atoms with Gasteiger partial charge in [-0.1, -0.05) is 23.7 Å². The Morgan fingerprint density at radius 3 is 2.51 bits per heavy atom. The summed E-state index contributed by atoms with van der Waals surface area (Å²) in [5.74, 6) is 0.419. The summed E-state index contributed by atoms with van der Waals surface area (Å²) in [4.78, 5) is 33.9. The van der Waals surface area contributed by atoms with Gasteiger partial charge < -0.3 is 14.5 Å². The number of rotatable bonds is 6. The molecule has 2 aliphatic heterocycles. The van der Waals surface area contributed by atoms with Crippen molar-refractivity contribution in [2.24, 2.45) is 0 Å². The highest BCUT2D eigenvalue weighted by Crippen LogP contribution is 2.33. The first-order valence-corrected chi connectivity index (χ1v) is 14.7. The number of benzene rings is 1. The van der Waals surface area contributed by atoms with Gasteiger partial charge in [0.25, 0.3) is 11.8 Å². The summed E-state index contributed by atoms with van der Waals surface area (Å²) < 4.78 is 29.5. The van der Waals surface area contributed by atoms with Crippen molar-refractivity contribution in [2.45, 2.75) is 50.7 Å². The average Bonchev–Trinajstić information content (AvgIpc) is 3.46. The van der Waals surface area contributed by atoms with E-state index in [2.05, 4.69) is 4.98 Å². The van der Waals surface area contributed by atoms with Crippen molar-refractivity contribution >= 4 is 44.6 Å². The molecule has 190 valence electrons. The van der Waals surface area contributed by atoms with Crippen molar-refractivity contribution in [1.82, 2.24) is 14.8 Å². The molecular weight excluding hydrogens is 510 g/mol. The van der Waals surface area contributed by atoms with Crippen LogP contribution in [0.1, 0.15) is 54.5 Å². The number of thiazole rings is 1. The lowest BCUT2D eigenvalue weighted by atomic mass is 9.96. The fraction of sp³-hybridized carbons (Fsp3) is 0.542. The smallest absolute Gasteiger partial charge is 0.273 e. The van der Waals surface area contributed by atoms with E-state index in [1.165, 1.54) is 16.2 Å². The molecule has 0 radical (unpaired) electrons. The first-order chi connectivity index (χ1) is 16.5. The van der Waals surface area contributed by atoms with Crippen LogP contribution in [0, 0.1) is 0 Å². The number of piperidine rings is 1. The second-order valence-corrected chi connectivity index (χ2v) is 13.2. The SMILES string of the molecule is CN(C(=O)c1csc(C2CCN(C(=O)C(C)(C)Oc3ccccc3Cl)CC2)n1)C1CCS(=O)(=O)C1. The molecule has 0 aliphatic carbocycles. The number of amides is 2. The molecule has 1 aromatic heterocycles. The van der Waals surface area contributed by atoms with Crippen LogP contribution in [0.5, 0.6) is 5.75 Å². The summed E-state index contributed by atoms with van der Waals surface area (Å²) >= 11 is 7.63. The summed E-state index contributed by atoms with van der Waals surface area (Å²) in [6.07, 6.45) is 1.95. The highest BCUT2D eigenvalue weighted by atomic mass is 35.5. The Hall–Kier alpha value is -2.17. The van der Waals surface area contributed by atoms with E-state index in [0.29, 0.717) is 36.0 Å². The molecule has 1 unspecified atom stereocenters. The summed E-state index contributed by atoms with van der Waals surface area (Å²) in [7, 11) is -1.43. The first-order valence-electron chi connectivity index (χ1n) is 11.6. The molecule has 0 N–H and O–H groups in total. The number of para-hydroxylation sites is 1. The van der Waals surface area contributed by atoms with Gasteiger partial charge in [-0.25, -0.2) is 13.4 Å². The van der Waals surface area contributed by atoms with E-state index in [0.717, 1.165) is 17.8 Å². The third-order valence-electron chi connectivity index (χ3n) is 6.67. The molecule has 1 aromatic carbocycles. The molecule has 0 saturated carbocycles. The fourth-order valence-corrected chi connectivity index (χ4v) is 7.47. The van der Waals surface area contributed by atoms with E-state index in [1.807, 2.05) is 12.1 Å². The Balaban J connectivity index is 1.34. The van der Waals surface area contributed by atoms with Gasteiger partial charge in [0.15, 0.2) is 15.4 Å². The van der Waals surface area contributed by atoms with Gasteiger partial charge in [-0.05, 0) is 45.2 Å². The number of nitrogens with zero attached hydrogens (tertiary/aromatic N) is 3. The standard InChI is InChI=1S/C24H30ClN3O5S2/c1-24(2,33-20-7-5-4-6-18(20)25)23(30)28-11-8-16(9-12-28)21-26-19(14-34-21)22(29)27(3)17-10-13-35(31,32)15-17/h4-7,14,16-17H,8-13,15H2,1-3H3. The average molecular weight is 540 g/mol. The van der Waals surface area contributed by atoms with Crippen LogP contribution in [0.15, 0.2) is 29.6 Å². The third kappa shape index (κ3) is 5.81. The van der Waals surface area contributed by atoms with Crippen LogP contribution in [0.25, 0.3) is 0 Å². The number of carbonyl (C=O) groups excluding carboxylic acids is 2. The molecule has 1 atom stereocenters. The van der Waals surface area contributed by atoms with Gasteiger partial charge in [-0.15, -0.1) is 11.3 Å². The van der Waals surface area contributed by atoms with E-state index >= 15 is 0 Å². The normalized spacial score (nSPS) is 20.6. The first kappa shape index (κ1) is 25.9. The highest BCUT2D eigenvalue weighted by molar-refractivity contribution is 7.91. The summed E-state index contributed by atoms with van der Waals surface area (Å²) in [6, 6.07) is 6.79. The zero-order valence-electron chi connectivity index (χ0n) is 20.1. The van der Waals surface area contributed by atoms with Gasteiger partial charge in [0.2, 0.25) is 0 Å². The molecule has 2 amide bonds. The van der Waals surface area contributed by atoms with E-state index in [9.17, 15) is 18.0 Å². The van der Waals surface area contributed by atoms with Crippen LogP contribution in [0.2, 0.25) is 5.02 Å². The monoisotopic (exact) mass is 539 g/mol. The minimum absolute atomic E-state index is 0.00919. The minimum Gasteiger partial charge on any atom is -0.476 e. The number of hydrogen-bond donors (Lipinski definition) is 0. The number of hydrogen-bond acceptors (Lipinski definition) is 7. The third-order valence-corrected chi connectivity index (χ3v) is 9.74. The molecule has 0 spiro atoms. The van der Waals surface area contributed by atoms with Crippen molar-refractivity contribution in [3.05, 3.63) is 45.4 Å². The number of likely N-dealkylation sites (tertiary alicyclic amines) is 1. The van der Waals surface area contributed by atoms with Crippen LogP contribution in [0.4, 0.5) is 0 Å². The van der Waals surface area contributed by atoms with Gasteiger partial charge in [0, 0.05) is 37.5 Å². The number of aromatic nitrogens is 1. The molecule has 2 aromatic rings. The number of ether oxygens (including phenoxy) is 1. The van der Waals surface area contributed by atoms with E-state index < -0.39 is 15.4 Å². The minimum atomic E-state index is -3.07. The van der Waals surface area contributed by atoms with E-state index in [1.54, 1.807) is 43.3 Å². The maximum Gasteiger partial charge on any atom is 0.273 e. The molecule has 8 nitrogen and oxygen atoms in total. The molecule has 2 saturated heterocycles. The lowest BCUT2D eigenvalue weighted by Crippen LogP contribution is -2.51.